The lowest BCUT2D eigenvalue weighted by Crippen LogP contribution is -2.15. The number of anilines is 1. The molecule has 0 saturated heterocycles. The van der Waals surface area contributed by atoms with Gasteiger partial charge in [-0.05, 0) is 17.7 Å². The standard InChI is InChI=1S/C20H17N5O4S/c26-20(27)18-11-21-13-24(18)25-12-16(19(22-25)15-4-2-1-3-5-15)10-14-6-8-17(9-7-14)23-30(28)29/h1-9,11-13,23H,10H2,(H,26,27)(H,28,29). The van der Waals surface area contributed by atoms with Crippen molar-refractivity contribution < 1.29 is 18.7 Å². The van der Waals surface area contributed by atoms with Crippen molar-refractivity contribution in [1.29, 1.82) is 0 Å². The van der Waals surface area contributed by atoms with E-state index < -0.39 is 17.2 Å². The van der Waals surface area contributed by atoms with E-state index in [0.29, 0.717) is 12.1 Å². The third-order valence-corrected chi connectivity index (χ3v) is 4.85. The van der Waals surface area contributed by atoms with Gasteiger partial charge in [-0.2, -0.15) is 9.89 Å². The maximum atomic E-state index is 11.5. The SMILES string of the molecule is O=C(O)c1cncn1-n1cc(Cc2ccc(NS(=O)O)cc2)c(-c2ccccc2)n1. The van der Waals surface area contributed by atoms with Crippen LogP contribution < -0.4 is 4.72 Å². The van der Waals surface area contributed by atoms with Gasteiger partial charge in [0.25, 0.3) is 11.3 Å². The van der Waals surface area contributed by atoms with Crippen molar-refractivity contribution in [3.63, 3.8) is 0 Å². The minimum Gasteiger partial charge on any atom is -0.476 e. The third-order valence-electron chi connectivity index (χ3n) is 4.44. The predicted octanol–water partition coefficient (Wildman–Crippen LogP) is 2.90. The summed E-state index contributed by atoms with van der Waals surface area (Å²) in [6.45, 7) is 0. The fraction of sp³-hybridized carbons (Fsp3) is 0.0500. The van der Waals surface area contributed by atoms with Gasteiger partial charge >= 0.3 is 5.97 Å². The topological polar surface area (TPSA) is 122 Å². The molecule has 10 heteroatoms. The Kier molecular flexibility index (Phi) is 5.42. The van der Waals surface area contributed by atoms with E-state index in [9.17, 15) is 14.1 Å². The summed E-state index contributed by atoms with van der Waals surface area (Å²) in [6.07, 6.45) is 4.96. The Balaban J connectivity index is 1.72. The number of hydrogen-bond donors (Lipinski definition) is 3. The zero-order valence-corrected chi connectivity index (χ0v) is 16.4. The number of aromatic carboxylic acids is 1. The minimum atomic E-state index is -2.13. The highest BCUT2D eigenvalue weighted by atomic mass is 32.2. The Morgan fingerprint density at radius 3 is 2.50 bits per heavy atom. The molecule has 0 radical (unpaired) electrons. The Morgan fingerprint density at radius 2 is 1.83 bits per heavy atom. The number of carboxylic acid groups (broad SMARTS) is 1. The number of nitrogens with one attached hydrogen (secondary N) is 1. The molecule has 4 rings (SSSR count). The average Bonchev–Trinajstić information content (AvgIpc) is 3.37. The van der Waals surface area contributed by atoms with Gasteiger partial charge in [-0.25, -0.2) is 18.7 Å². The number of nitrogens with zero attached hydrogens (tertiary/aromatic N) is 4. The molecular formula is C20H17N5O4S. The van der Waals surface area contributed by atoms with Gasteiger partial charge in [0.2, 0.25) is 0 Å². The van der Waals surface area contributed by atoms with E-state index in [1.165, 1.54) is 22.0 Å². The molecule has 152 valence electrons. The summed E-state index contributed by atoms with van der Waals surface area (Å²) in [4.78, 5) is 16.8. The number of imidazole rings is 1. The van der Waals surface area contributed by atoms with Crippen LogP contribution in [-0.2, 0) is 17.7 Å². The zero-order chi connectivity index (χ0) is 21.1. The molecule has 1 unspecified atom stereocenters. The number of aromatic nitrogens is 4. The summed E-state index contributed by atoms with van der Waals surface area (Å²) >= 11 is -2.13. The second-order valence-electron chi connectivity index (χ2n) is 6.44. The number of carbonyl (C=O) groups is 1. The van der Waals surface area contributed by atoms with Gasteiger partial charge in [0.05, 0.1) is 18.1 Å². The van der Waals surface area contributed by atoms with Gasteiger partial charge in [0.15, 0.2) is 5.69 Å². The van der Waals surface area contributed by atoms with E-state index in [0.717, 1.165) is 22.4 Å². The van der Waals surface area contributed by atoms with Crippen molar-refractivity contribution in [2.75, 3.05) is 4.72 Å². The van der Waals surface area contributed by atoms with Crippen LogP contribution in [0.1, 0.15) is 21.6 Å². The monoisotopic (exact) mass is 423 g/mol. The van der Waals surface area contributed by atoms with Crippen LogP contribution in [0.15, 0.2) is 73.3 Å². The van der Waals surface area contributed by atoms with Gasteiger partial charge in [0, 0.05) is 23.2 Å². The van der Waals surface area contributed by atoms with Gasteiger partial charge < -0.3 is 5.11 Å². The molecule has 0 aliphatic rings. The molecule has 0 amide bonds. The summed E-state index contributed by atoms with van der Waals surface area (Å²) in [6, 6.07) is 16.7. The number of carboxylic acids is 1. The third kappa shape index (κ3) is 4.14. The van der Waals surface area contributed by atoms with Crippen LogP contribution in [0, 0.1) is 0 Å². The van der Waals surface area contributed by atoms with Crippen LogP contribution >= 0.6 is 0 Å². The van der Waals surface area contributed by atoms with Crippen LogP contribution in [0.3, 0.4) is 0 Å². The molecule has 0 spiro atoms. The van der Waals surface area contributed by atoms with Crippen LogP contribution in [-0.4, -0.2) is 39.4 Å². The van der Waals surface area contributed by atoms with E-state index >= 15 is 0 Å². The van der Waals surface area contributed by atoms with Crippen LogP contribution in [0.4, 0.5) is 5.69 Å². The average molecular weight is 423 g/mol. The molecule has 2 heterocycles. The summed E-state index contributed by atoms with van der Waals surface area (Å²) in [5.74, 6) is -1.10. The van der Waals surface area contributed by atoms with Crippen molar-refractivity contribution in [2.24, 2.45) is 0 Å². The fourth-order valence-corrected chi connectivity index (χ4v) is 3.43. The van der Waals surface area contributed by atoms with E-state index in [4.69, 9.17) is 4.55 Å². The first-order valence-electron chi connectivity index (χ1n) is 8.88. The Bertz CT molecular complexity index is 1200. The van der Waals surface area contributed by atoms with E-state index in [-0.39, 0.29) is 5.69 Å². The second kappa shape index (κ2) is 8.31. The zero-order valence-electron chi connectivity index (χ0n) is 15.5. The largest absolute Gasteiger partial charge is 0.476 e. The summed E-state index contributed by atoms with van der Waals surface area (Å²) < 4.78 is 23.6. The summed E-state index contributed by atoms with van der Waals surface area (Å²) in [5.41, 5.74) is 4.00. The van der Waals surface area contributed by atoms with E-state index in [1.54, 1.807) is 18.3 Å². The number of rotatable bonds is 7. The molecule has 0 aliphatic carbocycles. The highest BCUT2D eigenvalue weighted by Crippen LogP contribution is 2.25. The first-order chi connectivity index (χ1) is 14.5. The quantitative estimate of drug-likeness (QED) is 0.393. The molecule has 2 aromatic heterocycles. The molecule has 0 aliphatic heterocycles. The van der Waals surface area contributed by atoms with Crippen LogP contribution in [0.25, 0.3) is 11.3 Å². The first kappa shape index (κ1) is 19.6. The lowest BCUT2D eigenvalue weighted by atomic mass is 10.0. The van der Waals surface area contributed by atoms with Gasteiger partial charge in [-0.15, -0.1) is 0 Å². The van der Waals surface area contributed by atoms with Crippen molar-refractivity contribution in [3.8, 4) is 11.3 Å². The molecule has 1 atom stereocenters. The molecule has 2 aromatic carbocycles. The van der Waals surface area contributed by atoms with Crippen molar-refractivity contribution in [1.82, 2.24) is 19.5 Å². The first-order valence-corrected chi connectivity index (χ1v) is 9.98. The summed E-state index contributed by atoms with van der Waals surface area (Å²) in [7, 11) is 0. The number of benzene rings is 2. The predicted molar refractivity (Wildman–Crippen MR) is 111 cm³/mol. The fourth-order valence-electron chi connectivity index (χ4n) is 3.09. The molecule has 3 N–H and O–H groups in total. The van der Waals surface area contributed by atoms with E-state index in [1.807, 2.05) is 42.5 Å². The smallest absolute Gasteiger partial charge is 0.356 e. The highest BCUT2D eigenvalue weighted by molar-refractivity contribution is 7.80. The minimum absolute atomic E-state index is 0.00362. The summed E-state index contributed by atoms with van der Waals surface area (Å²) in [5, 5.41) is 14.0. The van der Waals surface area contributed by atoms with Gasteiger partial charge in [0.1, 0.15) is 6.33 Å². The molecule has 9 nitrogen and oxygen atoms in total. The highest BCUT2D eigenvalue weighted by Gasteiger charge is 2.17. The molecule has 0 fully saturated rings. The van der Waals surface area contributed by atoms with Crippen LogP contribution in [0.5, 0.6) is 0 Å². The van der Waals surface area contributed by atoms with E-state index in [2.05, 4.69) is 14.8 Å². The Morgan fingerprint density at radius 1 is 1.10 bits per heavy atom. The second-order valence-corrected chi connectivity index (χ2v) is 7.15. The maximum Gasteiger partial charge on any atom is 0.356 e. The van der Waals surface area contributed by atoms with Crippen molar-refractivity contribution >= 4 is 22.9 Å². The maximum absolute atomic E-state index is 11.5. The molecule has 0 saturated carbocycles. The normalized spacial score (nSPS) is 11.9. The Hall–Kier alpha value is -3.76. The number of hydrogen-bond acceptors (Lipinski definition) is 4. The van der Waals surface area contributed by atoms with Crippen LogP contribution in [0.2, 0.25) is 0 Å². The Labute approximate surface area is 174 Å². The lowest BCUT2D eigenvalue weighted by molar-refractivity contribution is 0.0682. The molecular weight excluding hydrogens is 406 g/mol. The lowest BCUT2D eigenvalue weighted by Gasteiger charge is -2.05. The van der Waals surface area contributed by atoms with Crippen molar-refractivity contribution in [2.45, 2.75) is 6.42 Å². The molecule has 30 heavy (non-hydrogen) atoms. The van der Waals surface area contributed by atoms with Gasteiger partial charge in [-0.3, -0.25) is 9.27 Å². The molecule has 0 bridgehead atoms. The van der Waals surface area contributed by atoms with Gasteiger partial charge in [-0.1, -0.05) is 42.5 Å². The van der Waals surface area contributed by atoms with Crippen molar-refractivity contribution in [3.05, 3.63) is 90.1 Å². The molecule has 4 aromatic rings.